The number of benzene rings is 1. The molecule has 3 heteroatoms. The minimum Gasteiger partial charge on any atom is -0.322 e. The summed E-state index contributed by atoms with van der Waals surface area (Å²) in [6.45, 7) is 1.95. The van der Waals surface area contributed by atoms with Crippen LogP contribution >= 0.6 is 0 Å². The van der Waals surface area contributed by atoms with Crippen molar-refractivity contribution in [2.24, 2.45) is 0 Å². The lowest BCUT2D eigenvalue weighted by molar-refractivity contribution is 1.29. The number of hydrogen-bond acceptors (Lipinski definition) is 2. The second-order valence-electron chi connectivity index (χ2n) is 3.21. The number of nitriles is 1. The Morgan fingerprint density at radius 1 is 1.36 bits per heavy atom. The molecule has 1 N–H and O–H groups in total. The standard InChI is InChI=1S/C11H8N2O/c1-7-2-3-10-9(4-7)8(6-12)5-11(14)13-10/h2-5H,1H3,(H,13,14). The van der Waals surface area contributed by atoms with Crippen LogP contribution in [0.5, 0.6) is 0 Å². The van der Waals surface area contributed by atoms with Crippen LogP contribution in [0, 0.1) is 18.3 Å². The first-order valence-corrected chi connectivity index (χ1v) is 4.24. The molecule has 3 nitrogen and oxygen atoms in total. The molecule has 0 amide bonds. The Morgan fingerprint density at radius 3 is 2.86 bits per heavy atom. The largest absolute Gasteiger partial charge is 0.322 e. The summed E-state index contributed by atoms with van der Waals surface area (Å²) in [6, 6.07) is 8.95. The van der Waals surface area contributed by atoms with Crippen LogP contribution in [0.4, 0.5) is 0 Å². The third kappa shape index (κ3) is 1.27. The highest BCUT2D eigenvalue weighted by Crippen LogP contribution is 2.15. The van der Waals surface area contributed by atoms with Crippen molar-refractivity contribution in [1.82, 2.24) is 4.98 Å². The molecule has 0 aliphatic rings. The van der Waals surface area contributed by atoms with E-state index in [1.165, 1.54) is 6.07 Å². The van der Waals surface area contributed by atoms with E-state index in [0.29, 0.717) is 11.1 Å². The number of aryl methyl sites for hydroxylation is 1. The van der Waals surface area contributed by atoms with Crippen LogP contribution in [0.25, 0.3) is 10.9 Å². The van der Waals surface area contributed by atoms with Crippen LogP contribution in [-0.2, 0) is 0 Å². The molecule has 1 heterocycles. The van der Waals surface area contributed by atoms with Crippen molar-refractivity contribution >= 4 is 10.9 Å². The van der Waals surface area contributed by atoms with Crippen LogP contribution in [0.2, 0.25) is 0 Å². The van der Waals surface area contributed by atoms with E-state index in [2.05, 4.69) is 4.98 Å². The Morgan fingerprint density at radius 2 is 2.14 bits per heavy atom. The number of pyridine rings is 1. The number of rotatable bonds is 0. The Balaban J connectivity index is 2.98. The molecule has 0 spiro atoms. The highest BCUT2D eigenvalue weighted by molar-refractivity contribution is 5.84. The molecule has 0 saturated carbocycles. The second kappa shape index (κ2) is 3.00. The fourth-order valence-corrected chi connectivity index (χ4v) is 1.46. The van der Waals surface area contributed by atoms with E-state index in [1.54, 1.807) is 0 Å². The SMILES string of the molecule is Cc1ccc2[nH]c(=O)cc(C#N)c2c1. The van der Waals surface area contributed by atoms with Gasteiger partial charge in [0.25, 0.3) is 0 Å². The van der Waals surface area contributed by atoms with Gasteiger partial charge < -0.3 is 4.98 Å². The van der Waals surface area contributed by atoms with E-state index in [-0.39, 0.29) is 5.56 Å². The second-order valence-corrected chi connectivity index (χ2v) is 3.21. The van der Waals surface area contributed by atoms with E-state index in [0.717, 1.165) is 10.9 Å². The summed E-state index contributed by atoms with van der Waals surface area (Å²) >= 11 is 0. The summed E-state index contributed by atoms with van der Waals surface area (Å²) < 4.78 is 0. The molecule has 14 heavy (non-hydrogen) atoms. The number of fused-ring (bicyclic) bond motifs is 1. The molecule has 0 atom stereocenters. The maximum atomic E-state index is 11.1. The summed E-state index contributed by atoms with van der Waals surface area (Å²) in [5.74, 6) is 0. The predicted octanol–water partition coefficient (Wildman–Crippen LogP) is 1.71. The van der Waals surface area contributed by atoms with Crippen molar-refractivity contribution in [3.63, 3.8) is 0 Å². The summed E-state index contributed by atoms with van der Waals surface area (Å²) in [4.78, 5) is 13.8. The van der Waals surface area contributed by atoms with Crippen molar-refractivity contribution in [1.29, 1.82) is 5.26 Å². The predicted molar refractivity (Wildman–Crippen MR) is 54.0 cm³/mol. The number of hydrogen-bond donors (Lipinski definition) is 1. The van der Waals surface area contributed by atoms with E-state index in [4.69, 9.17) is 5.26 Å². The van der Waals surface area contributed by atoms with Crippen molar-refractivity contribution in [2.75, 3.05) is 0 Å². The van der Waals surface area contributed by atoms with Crippen molar-refractivity contribution in [2.45, 2.75) is 6.92 Å². The van der Waals surface area contributed by atoms with Crippen LogP contribution in [0.3, 0.4) is 0 Å². The van der Waals surface area contributed by atoms with Gasteiger partial charge in [0, 0.05) is 17.0 Å². The molecule has 0 saturated heterocycles. The third-order valence-electron chi connectivity index (χ3n) is 2.12. The van der Waals surface area contributed by atoms with Crippen LogP contribution in [-0.4, -0.2) is 4.98 Å². The molecule has 68 valence electrons. The number of aromatic amines is 1. The minimum absolute atomic E-state index is 0.238. The maximum Gasteiger partial charge on any atom is 0.249 e. The lowest BCUT2D eigenvalue weighted by Crippen LogP contribution is -2.05. The van der Waals surface area contributed by atoms with Gasteiger partial charge in [0.1, 0.15) is 6.07 Å². The molecule has 0 unspecified atom stereocenters. The molecule has 0 aliphatic heterocycles. The molecule has 0 aliphatic carbocycles. The molecule has 1 aromatic carbocycles. The molecule has 2 aromatic rings. The van der Waals surface area contributed by atoms with Gasteiger partial charge in [-0.3, -0.25) is 4.79 Å². The van der Waals surface area contributed by atoms with Gasteiger partial charge in [0.2, 0.25) is 5.56 Å². The van der Waals surface area contributed by atoms with Gasteiger partial charge in [-0.05, 0) is 19.1 Å². The molecule has 0 radical (unpaired) electrons. The monoisotopic (exact) mass is 184 g/mol. The first-order valence-electron chi connectivity index (χ1n) is 4.24. The Bertz CT molecular complexity index is 590. The number of H-pyrrole nitrogens is 1. The topological polar surface area (TPSA) is 56.6 Å². The summed E-state index contributed by atoms with van der Waals surface area (Å²) in [6.07, 6.45) is 0. The number of aromatic nitrogens is 1. The van der Waals surface area contributed by atoms with Gasteiger partial charge in [-0.1, -0.05) is 11.6 Å². The van der Waals surface area contributed by atoms with E-state index < -0.39 is 0 Å². The molecule has 0 fully saturated rings. The zero-order valence-corrected chi connectivity index (χ0v) is 7.66. The van der Waals surface area contributed by atoms with Crippen LogP contribution < -0.4 is 5.56 Å². The van der Waals surface area contributed by atoms with Crippen molar-refractivity contribution < 1.29 is 0 Å². The first kappa shape index (κ1) is 8.52. The highest BCUT2D eigenvalue weighted by Gasteiger charge is 2.01. The smallest absolute Gasteiger partial charge is 0.249 e. The normalized spacial score (nSPS) is 10.0. The molecular formula is C11H8N2O. The molecule has 2 rings (SSSR count). The Kier molecular flexibility index (Phi) is 1.83. The zero-order valence-electron chi connectivity index (χ0n) is 7.66. The van der Waals surface area contributed by atoms with Crippen molar-refractivity contribution in [3.8, 4) is 6.07 Å². The third-order valence-corrected chi connectivity index (χ3v) is 2.12. The number of nitrogens with zero attached hydrogens (tertiary/aromatic N) is 1. The maximum absolute atomic E-state index is 11.1. The minimum atomic E-state index is -0.238. The summed E-state index contributed by atoms with van der Waals surface area (Å²) in [7, 11) is 0. The summed E-state index contributed by atoms with van der Waals surface area (Å²) in [5, 5.41) is 9.65. The van der Waals surface area contributed by atoms with Gasteiger partial charge in [-0.25, -0.2) is 0 Å². The first-order chi connectivity index (χ1) is 6.70. The van der Waals surface area contributed by atoms with Crippen molar-refractivity contribution in [3.05, 3.63) is 45.7 Å². The summed E-state index contributed by atoms with van der Waals surface area (Å²) in [5.41, 5.74) is 1.96. The van der Waals surface area contributed by atoms with Gasteiger partial charge in [-0.15, -0.1) is 0 Å². The zero-order chi connectivity index (χ0) is 10.1. The molecular weight excluding hydrogens is 176 g/mol. The van der Waals surface area contributed by atoms with Gasteiger partial charge in [0.15, 0.2) is 0 Å². The average molecular weight is 184 g/mol. The fourth-order valence-electron chi connectivity index (χ4n) is 1.46. The Labute approximate surface area is 80.6 Å². The molecule has 1 aromatic heterocycles. The average Bonchev–Trinajstić information content (AvgIpc) is 2.17. The van der Waals surface area contributed by atoms with E-state index in [9.17, 15) is 4.79 Å². The van der Waals surface area contributed by atoms with Crippen LogP contribution in [0.15, 0.2) is 29.1 Å². The Hall–Kier alpha value is -2.08. The van der Waals surface area contributed by atoms with Crippen LogP contribution in [0.1, 0.15) is 11.1 Å². The van der Waals surface area contributed by atoms with Gasteiger partial charge >= 0.3 is 0 Å². The van der Waals surface area contributed by atoms with Gasteiger partial charge in [-0.2, -0.15) is 5.26 Å². The fraction of sp³-hybridized carbons (Fsp3) is 0.0909. The van der Waals surface area contributed by atoms with Gasteiger partial charge in [0.05, 0.1) is 5.56 Å². The number of nitrogens with one attached hydrogen (secondary N) is 1. The quantitative estimate of drug-likeness (QED) is 0.677. The molecule has 0 bridgehead atoms. The highest BCUT2D eigenvalue weighted by atomic mass is 16.1. The lowest BCUT2D eigenvalue weighted by atomic mass is 10.1. The lowest BCUT2D eigenvalue weighted by Gasteiger charge is -2.00. The van der Waals surface area contributed by atoms with E-state index in [1.807, 2.05) is 31.2 Å². The van der Waals surface area contributed by atoms with E-state index >= 15 is 0 Å².